The zero-order chi connectivity index (χ0) is 17.4. The fourth-order valence-electron chi connectivity index (χ4n) is 3.62. The van der Waals surface area contributed by atoms with E-state index in [-0.39, 0.29) is 18.0 Å². The van der Waals surface area contributed by atoms with Crippen molar-refractivity contribution in [1.29, 1.82) is 0 Å². The van der Waals surface area contributed by atoms with E-state index in [1.807, 2.05) is 36.4 Å². The molecule has 0 aromatic heterocycles. The normalized spacial score (nSPS) is 20.6. The van der Waals surface area contributed by atoms with E-state index in [9.17, 15) is 4.79 Å². The van der Waals surface area contributed by atoms with Gasteiger partial charge >= 0.3 is 5.97 Å². The van der Waals surface area contributed by atoms with E-state index in [0.29, 0.717) is 13.0 Å². The topological polar surface area (TPSA) is 44.8 Å². The maximum absolute atomic E-state index is 11.5. The lowest BCUT2D eigenvalue weighted by Gasteiger charge is -2.16. The zero-order valence-corrected chi connectivity index (χ0v) is 14.7. The van der Waals surface area contributed by atoms with Crippen LogP contribution in [0, 0.1) is 0 Å². The quantitative estimate of drug-likeness (QED) is 0.758. The van der Waals surface area contributed by atoms with Gasteiger partial charge in [0.2, 0.25) is 0 Å². The summed E-state index contributed by atoms with van der Waals surface area (Å²) < 4.78 is 16.7. The smallest absolute Gasteiger partial charge is 0.306 e. The molecule has 130 valence electrons. The molecule has 2 aromatic carbocycles. The number of ether oxygens (including phenoxy) is 3. The number of benzene rings is 2. The summed E-state index contributed by atoms with van der Waals surface area (Å²) in [6.45, 7) is 0.499. The fourth-order valence-corrected chi connectivity index (χ4v) is 3.81. The van der Waals surface area contributed by atoms with Gasteiger partial charge in [0.05, 0.1) is 20.1 Å². The van der Waals surface area contributed by atoms with E-state index in [0.717, 1.165) is 34.9 Å². The van der Waals surface area contributed by atoms with Crippen LogP contribution in [0.2, 0.25) is 5.02 Å². The van der Waals surface area contributed by atoms with Gasteiger partial charge in [-0.05, 0) is 42.2 Å². The first-order chi connectivity index (χ1) is 12.1. The Labute approximate surface area is 151 Å². The van der Waals surface area contributed by atoms with Crippen molar-refractivity contribution in [3.05, 3.63) is 58.1 Å². The highest BCUT2D eigenvalue weighted by Crippen LogP contribution is 2.41. The second-order valence-corrected chi connectivity index (χ2v) is 6.91. The number of carbonyl (C=O) groups excluding carboxylic acids is 1. The number of halogens is 1. The lowest BCUT2D eigenvalue weighted by Crippen LogP contribution is -2.09. The summed E-state index contributed by atoms with van der Waals surface area (Å²) >= 11 is 6.07. The van der Waals surface area contributed by atoms with Crippen molar-refractivity contribution >= 4 is 17.6 Å². The van der Waals surface area contributed by atoms with E-state index in [4.69, 9.17) is 25.8 Å². The minimum atomic E-state index is -0.219. The SMILES string of the molecule is COC(=O)CC1COc2cc(O[C@@H]3CCc4cc(Cl)ccc43)ccc21. The molecule has 0 N–H and O–H groups in total. The van der Waals surface area contributed by atoms with Crippen LogP contribution >= 0.6 is 11.6 Å². The maximum atomic E-state index is 11.5. The van der Waals surface area contributed by atoms with E-state index < -0.39 is 0 Å². The molecule has 25 heavy (non-hydrogen) atoms. The van der Waals surface area contributed by atoms with Gasteiger partial charge in [0.1, 0.15) is 17.6 Å². The van der Waals surface area contributed by atoms with Crippen LogP contribution in [0.5, 0.6) is 11.5 Å². The molecule has 1 aliphatic carbocycles. The van der Waals surface area contributed by atoms with Crippen LogP contribution in [-0.4, -0.2) is 19.7 Å². The Balaban J connectivity index is 1.50. The molecular weight excluding hydrogens is 340 g/mol. The molecule has 0 saturated heterocycles. The molecule has 4 rings (SSSR count). The fraction of sp³-hybridized carbons (Fsp3) is 0.350. The Hall–Kier alpha value is -2.20. The molecule has 0 bridgehead atoms. The van der Waals surface area contributed by atoms with Crippen LogP contribution in [0.1, 0.15) is 41.6 Å². The largest absolute Gasteiger partial charge is 0.492 e. The number of hydrogen-bond acceptors (Lipinski definition) is 4. The van der Waals surface area contributed by atoms with Crippen molar-refractivity contribution < 1.29 is 19.0 Å². The molecule has 0 spiro atoms. The molecule has 0 saturated carbocycles. The van der Waals surface area contributed by atoms with E-state index in [1.165, 1.54) is 18.2 Å². The van der Waals surface area contributed by atoms with Gasteiger partial charge < -0.3 is 14.2 Å². The first kappa shape index (κ1) is 16.3. The van der Waals surface area contributed by atoms with E-state index in [2.05, 4.69) is 0 Å². The number of aryl methyl sites for hydroxylation is 1. The van der Waals surface area contributed by atoms with Gasteiger partial charge in [0, 0.05) is 22.6 Å². The van der Waals surface area contributed by atoms with Crippen molar-refractivity contribution in [3.8, 4) is 11.5 Å². The molecule has 4 nitrogen and oxygen atoms in total. The summed E-state index contributed by atoms with van der Waals surface area (Å²) in [7, 11) is 1.41. The molecular formula is C20H19ClO4. The highest BCUT2D eigenvalue weighted by Gasteiger charge is 2.28. The minimum absolute atomic E-state index is 0.0394. The average molecular weight is 359 g/mol. The summed E-state index contributed by atoms with van der Waals surface area (Å²) in [6.07, 6.45) is 2.29. The van der Waals surface area contributed by atoms with E-state index >= 15 is 0 Å². The number of fused-ring (bicyclic) bond motifs is 2. The van der Waals surface area contributed by atoms with Crippen molar-refractivity contribution in [2.24, 2.45) is 0 Å². The lowest BCUT2D eigenvalue weighted by atomic mass is 9.98. The first-order valence-electron chi connectivity index (χ1n) is 8.42. The molecule has 2 aromatic rings. The molecule has 0 fully saturated rings. The Bertz CT molecular complexity index is 817. The van der Waals surface area contributed by atoms with Crippen LogP contribution in [-0.2, 0) is 16.0 Å². The number of rotatable bonds is 4. The molecule has 5 heteroatoms. The second-order valence-electron chi connectivity index (χ2n) is 6.48. The lowest BCUT2D eigenvalue weighted by molar-refractivity contribution is -0.141. The van der Waals surface area contributed by atoms with Gasteiger partial charge in [-0.25, -0.2) is 0 Å². The minimum Gasteiger partial charge on any atom is -0.492 e. The van der Waals surface area contributed by atoms with Gasteiger partial charge in [-0.2, -0.15) is 0 Å². The Morgan fingerprint density at radius 2 is 2.08 bits per heavy atom. The third-order valence-electron chi connectivity index (χ3n) is 4.91. The Kier molecular flexibility index (Phi) is 4.30. The highest BCUT2D eigenvalue weighted by atomic mass is 35.5. The summed E-state index contributed by atoms with van der Waals surface area (Å²) in [4.78, 5) is 11.5. The highest BCUT2D eigenvalue weighted by molar-refractivity contribution is 6.30. The third-order valence-corrected chi connectivity index (χ3v) is 5.15. The van der Waals surface area contributed by atoms with Crippen LogP contribution < -0.4 is 9.47 Å². The van der Waals surface area contributed by atoms with Crippen molar-refractivity contribution in [1.82, 2.24) is 0 Å². The predicted octanol–water partition coefficient (Wildman–Crippen LogP) is 4.45. The maximum Gasteiger partial charge on any atom is 0.306 e. The molecule has 1 heterocycles. The summed E-state index contributed by atoms with van der Waals surface area (Å²) in [5.74, 6) is 1.40. The van der Waals surface area contributed by atoms with Gasteiger partial charge in [-0.15, -0.1) is 0 Å². The van der Waals surface area contributed by atoms with Crippen molar-refractivity contribution in [3.63, 3.8) is 0 Å². The molecule has 2 aliphatic rings. The van der Waals surface area contributed by atoms with Gasteiger partial charge in [0.15, 0.2) is 0 Å². The molecule has 1 aliphatic heterocycles. The average Bonchev–Trinajstić information content (AvgIpc) is 3.19. The van der Waals surface area contributed by atoms with Crippen LogP contribution in [0.4, 0.5) is 0 Å². The summed E-state index contributed by atoms with van der Waals surface area (Å²) in [5, 5.41) is 0.766. The van der Waals surface area contributed by atoms with Crippen molar-refractivity contribution in [2.75, 3.05) is 13.7 Å². The Morgan fingerprint density at radius 3 is 2.92 bits per heavy atom. The number of esters is 1. The predicted molar refractivity (Wildman–Crippen MR) is 94.5 cm³/mol. The summed E-state index contributed by atoms with van der Waals surface area (Å²) in [6, 6.07) is 11.8. The number of carbonyl (C=O) groups is 1. The monoisotopic (exact) mass is 358 g/mol. The number of hydrogen-bond donors (Lipinski definition) is 0. The van der Waals surface area contributed by atoms with Crippen LogP contribution in [0.15, 0.2) is 36.4 Å². The van der Waals surface area contributed by atoms with Gasteiger partial charge in [-0.3, -0.25) is 4.79 Å². The van der Waals surface area contributed by atoms with Gasteiger partial charge in [0.25, 0.3) is 0 Å². The van der Waals surface area contributed by atoms with Gasteiger partial charge in [-0.1, -0.05) is 23.7 Å². The first-order valence-corrected chi connectivity index (χ1v) is 8.80. The van der Waals surface area contributed by atoms with Crippen LogP contribution in [0.25, 0.3) is 0 Å². The third kappa shape index (κ3) is 3.19. The molecule has 0 radical (unpaired) electrons. The summed E-state index contributed by atoms with van der Waals surface area (Å²) in [5.41, 5.74) is 3.50. The second kappa shape index (κ2) is 6.60. The number of methoxy groups -OCH3 is 1. The molecule has 1 unspecified atom stereocenters. The van der Waals surface area contributed by atoms with E-state index in [1.54, 1.807) is 0 Å². The molecule has 2 atom stereocenters. The molecule has 0 amide bonds. The standard InChI is InChI=1S/C20H19ClO4/c1-23-20(22)9-13-11-24-19-10-15(4-6-17(13)19)25-18-7-2-12-8-14(21)3-5-16(12)18/h3-6,8,10,13,18H,2,7,9,11H2,1H3/t13?,18-/m1/s1. The van der Waals surface area contributed by atoms with Crippen LogP contribution in [0.3, 0.4) is 0 Å². The Morgan fingerprint density at radius 1 is 1.24 bits per heavy atom. The zero-order valence-electron chi connectivity index (χ0n) is 14.0. The van der Waals surface area contributed by atoms with Crippen molar-refractivity contribution in [2.45, 2.75) is 31.3 Å².